The van der Waals surface area contributed by atoms with E-state index in [2.05, 4.69) is 19.6 Å². The van der Waals surface area contributed by atoms with Crippen molar-refractivity contribution in [1.29, 1.82) is 0 Å². The monoisotopic (exact) mass is 234 g/mol. The van der Waals surface area contributed by atoms with Crippen LogP contribution in [0.2, 0.25) is 39.3 Å². The summed E-state index contributed by atoms with van der Waals surface area (Å²) in [5.74, 6) is -0.216. The minimum Gasteiger partial charge on any atom is -0.518 e. The van der Waals surface area contributed by atoms with E-state index in [0.717, 1.165) is 0 Å². The normalized spacial score (nSPS) is 15.1. The number of rotatable bonds is 4. The Labute approximate surface area is 89.1 Å². The van der Waals surface area contributed by atoms with Crippen molar-refractivity contribution in [2.24, 2.45) is 0 Å². The van der Waals surface area contributed by atoms with E-state index in [0.29, 0.717) is 0 Å². The number of hydrogen-bond acceptors (Lipinski definition) is 3. The summed E-state index contributed by atoms with van der Waals surface area (Å²) in [5, 5.41) is 0. The molecule has 0 saturated carbocycles. The first kappa shape index (κ1) is 13.9. The van der Waals surface area contributed by atoms with Crippen LogP contribution in [0, 0.1) is 0 Å². The van der Waals surface area contributed by atoms with Crippen LogP contribution in [0.3, 0.4) is 0 Å². The lowest BCUT2D eigenvalue weighted by Gasteiger charge is -2.25. The maximum atomic E-state index is 11.5. The van der Waals surface area contributed by atoms with Gasteiger partial charge in [-0.05, 0) is 46.2 Å². The Bertz CT molecular complexity index is 203. The van der Waals surface area contributed by atoms with Crippen LogP contribution in [0.5, 0.6) is 0 Å². The smallest absolute Gasteiger partial charge is 0.320 e. The van der Waals surface area contributed by atoms with Crippen LogP contribution in [-0.2, 0) is 13.6 Å². The molecule has 0 radical (unpaired) electrons. The van der Waals surface area contributed by atoms with Crippen LogP contribution in [0.4, 0.5) is 0 Å². The Kier molecular flexibility index (Phi) is 4.54. The largest absolute Gasteiger partial charge is 0.518 e. The average molecular weight is 234 g/mol. The molecule has 0 N–H and O–H groups in total. The molecule has 0 aromatic carbocycles. The third-order valence-corrected chi connectivity index (χ3v) is 3.14. The van der Waals surface area contributed by atoms with Gasteiger partial charge in [0.05, 0.1) is 0 Å². The molecular weight excluding hydrogens is 212 g/mol. The molecule has 0 spiro atoms. The van der Waals surface area contributed by atoms with Gasteiger partial charge >= 0.3 is 5.97 Å². The van der Waals surface area contributed by atoms with Gasteiger partial charge in [-0.1, -0.05) is 0 Å². The second-order valence-electron chi connectivity index (χ2n) is 5.41. The van der Waals surface area contributed by atoms with Gasteiger partial charge in [-0.3, -0.25) is 4.79 Å². The Morgan fingerprint density at radius 1 is 1.00 bits per heavy atom. The second-order valence-corrected chi connectivity index (χ2v) is 14.3. The van der Waals surface area contributed by atoms with Crippen molar-refractivity contribution in [2.75, 3.05) is 0 Å². The summed E-state index contributed by atoms with van der Waals surface area (Å²) >= 11 is 0. The van der Waals surface area contributed by atoms with Gasteiger partial charge in [0.15, 0.2) is 8.32 Å². The van der Waals surface area contributed by atoms with E-state index in [1.807, 2.05) is 19.6 Å². The van der Waals surface area contributed by atoms with Gasteiger partial charge in [-0.15, -0.1) is 0 Å². The molecule has 14 heavy (non-hydrogen) atoms. The fraction of sp³-hybridized carbons (Fsp3) is 0.889. The van der Waals surface area contributed by atoms with Crippen LogP contribution >= 0.6 is 0 Å². The SMILES string of the molecule is C[C@H](O[Si](C)(C)C)C(=O)O[Si](C)(C)C. The molecule has 1 atom stereocenters. The lowest BCUT2D eigenvalue weighted by atomic mass is 10.4. The quantitative estimate of drug-likeness (QED) is 0.702. The van der Waals surface area contributed by atoms with Crippen molar-refractivity contribution in [3.05, 3.63) is 0 Å². The summed E-state index contributed by atoms with van der Waals surface area (Å²) in [5.41, 5.74) is 0. The van der Waals surface area contributed by atoms with Gasteiger partial charge in [0, 0.05) is 0 Å². The average Bonchev–Trinajstić information content (AvgIpc) is 1.78. The first-order valence-corrected chi connectivity index (χ1v) is 11.7. The molecule has 0 aromatic rings. The Balaban J connectivity index is 4.15. The predicted octanol–water partition coefficient (Wildman–Crippen LogP) is 2.60. The predicted molar refractivity (Wildman–Crippen MR) is 63.3 cm³/mol. The van der Waals surface area contributed by atoms with Crippen LogP contribution in [-0.4, -0.2) is 28.7 Å². The third-order valence-electron chi connectivity index (χ3n) is 1.27. The van der Waals surface area contributed by atoms with Crippen molar-refractivity contribution < 1.29 is 13.6 Å². The van der Waals surface area contributed by atoms with Gasteiger partial charge in [0.25, 0.3) is 0 Å². The Hall–Kier alpha value is -0.136. The van der Waals surface area contributed by atoms with Crippen molar-refractivity contribution in [3.8, 4) is 0 Å². The van der Waals surface area contributed by atoms with Gasteiger partial charge in [-0.25, -0.2) is 0 Å². The molecule has 0 heterocycles. The second kappa shape index (κ2) is 4.59. The van der Waals surface area contributed by atoms with E-state index in [1.165, 1.54) is 0 Å². The zero-order valence-corrected chi connectivity index (χ0v) is 12.3. The Morgan fingerprint density at radius 2 is 1.43 bits per heavy atom. The summed E-state index contributed by atoms with van der Waals surface area (Å²) in [6.07, 6.45) is -0.423. The molecule has 0 saturated heterocycles. The zero-order valence-electron chi connectivity index (χ0n) is 10.3. The van der Waals surface area contributed by atoms with Crippen molar-refractivity contribution in [3.63, 3.8) is 0 Å². The van der Waals surface area contributed by atoms with Gasteiger partial charge in [0.2, 0.25) is 8.32 Å². The molecule has 0 bridgehead atoms. The number of hydrogen-bond donors (Lipinski definition) is 0. The minimum absolute atomic E-state index is 0.216. The summed E-state index contributed by atoms with van der Waals surface area (Å²) in [6.45, 7) is 13.9. The fourth-order valence-corrected chi connectivity index (χ4v) is 2.89. The highest BCUT2D eigenvalue weighted by molar-refractivity contribution is 6.71. The number of carbonyl (C=O) groups is 1. The molecule has 0 aliphatic rings. The van der Waals surface area contributed by atoms with E-state index in [1.54, 1.807) is 6.92 Å². The molecule has 0 amide bonds. The molecule has 0 unspecified atom stereocenters. The summed E-state index contributed by atoms with van der Waals surface area (Å²) in [4.78, 5) is 11.5. The molecule has 0 aliphatic heterocycles. The van der Waals surface area contributed by atoms with Gasteiger partial charge in [0.1, 0.15) is 6.10 Å². The van der Waals surface area contributed by atoms with Crippen LogP contribution < -0.4 is 0 Å². The molecule has 84 valence electrons. The highest BCUT2D eigenvalue weighted by Crippen LogP contribution is 2.11. The van der Waals surface area contributed by atoms with Crippen LogP contribution in [0.1, 0.15) is 6.92 Å². The van der Waals surface area contributed by atoms with Crippen LogP contribution in [0.15, 0.2) is 0 Å². The molecule has 0 fully saturated rings. The molecule has 0 rings (SSSR count). The molecule has 0 aromatic heterocycles. The molecule has 3 nitrogen and oxygen atoms in total. The van der Waals surface area contributed by atoms with Gasteiger partial charge < -0.3 is 8.85 Å². The van der Waals surface area contributed by atoms with E-state index < -0.39 is 22.7 Å². The summed E-state index contributed by atoms with van der Waals surface area (Å²) in [6, 6.07) is 0. The maximum absolute atomic E-state index is 11.5. The lowest BCUT2D eigenvalue weighted by Crippen LogP contribution is -2.40. The topological polar surface area (TPSA) is 35.5 Å². The maximum Gasteiger partial charge on any atom is 0.320 e. The lowest BCUT2D eigenvalue weighted by molar-refractivity contribution is -0.142. The zero-order chi connectivity index (χ0) is 11.6. The first-order chi connectivity index (χ1) is 6.01. The first-order valence-electron chi connectivity index (χ1n) is 4.92. The van der Waals surface area contributed by atoms with Crippen molar-refractivity contribution in [2.45, 2.75) is 52.3 Å². The van der Waals surface area contributed by atoms with E-state index in [9.17, 15) is 4.79 Å². The van der Waals surface area contributed by atoms with E-state index in [4.69, 9.17) is 8.85 Å². The molecule has 5 heteroatoms. The van der Waals surface area contributed by atoms with E-state index in [-0.39, 0.29) is 5.97 Å². The van der Waals surface area contributed by atoms with Gasteiger partial charge in [-0.2, -0.15) is 0 Å². The highest BCUT2D eigenvalue weighted by atomic mass is 28.4. The molecule has 0 aliphatic carbocycles. The third kappa shape index (κ3) is 7.28. The van der Waals surface area contributed by atoms with E-state index >= 15 is 0 Å². The van der Waals surface area contributed by atoms with Crippen molar-refractivity contribution in [1.82, 2.24) is 0 Å². The standard InChI is InChI=1S/C9H22O3Si2/c1-8(11-13(2,3)4)9(10)12-14(5,6)7/h8H,1-7H3/t8-/m0/s1. The Morgan fingerprint density at radius 3 is 1.71 bits per heavy atom. The highest BCUT2D eigenvalue weighted by Gasteiger charge is 2.27. The fourth-order valence-electron chi connectivity index (χ4n) is 0.963. The van der Waals surface area contributed by atoms with Crippen molar-refractivity contribution >= 4 is 22.6 Å². The molecular formula is C9H22O3Si2. The number of carbonyl (C=O) groups excluding carboxylic acids is 1. The summed E-state index contributed by atoms with van der Waals surface area (Å²) < 4.78 is 11.0. The summed E-state index contributed by atoms with van der Waals surface area (Å²) in [7, 11) is -3.42. The minimum atomic E-state index is -1.77. The van der Waals surface area contributed by atoms with Crippen LogP contribution in [0.25, 0.3) is 0 Å².